The Balaban J connectivity index is 4.38. The highest BCUT2D eigenvalue weighted by Gasteiger charge is 2.14. The van der Waals surface area contributed by atoms with Crippen LogP contribution in [0.2, 0.25) is 0 Å². The van der Waals surface area contributed by atoms with Gasteiger partial charge in [0.25, 0.3) is 0 Å². The number of nitrogens with one attached hydrogen (secondary N) is 2. The molecule has 0 aliphatic rings. The topological polar surface area (TPSA) is 77.0 Å². The number of hydrogen-bond donors (Lipinski definition) is 2. The quantitative estimate of drug-likeness (QED) is 0.305. The molecule has 25 heavy (non-hydrogen) atoms. The molecule has 0 aliphatic carbocycles. The summed E-state index contributed by atoms with van der Waals surface area (Å²) in [6, 6.07) is 1.02. The second-order valence-electron chi connectivity index (χ2n) is 6.69. The second kappa shape index (κ2) is 12.5. The summed E-state index contributed by atoms with van der Waals surface area (Å²) in [7, 11) is -1.48. The molecule has 0 heterocycles. The molecule has 0 atom stereocenters. The molecule has 0 saturated heterocycles. The van der Waals surface area contributed by atoms with Crippen LogP contribution in [-0.4, -0.2) is 81.2 Å². The van der Waals surface area contributed by atoms with Crippen LogP contribution in [-0.2, 0) is 10.0 Å². The van der Waals surface area contributed by atoms with Crippen molar-refractivity contribution in [1.82, 2.24) is 19.8 Å². The lowest BCUT2D eigenvalue weighted by Gasteiger charge is -2.30. The average Bonchev–Trinajstić information content (AvgIpc) is 2.54. The maximum atomic E-state index is 11.7. The van der Waals surface area contributed by atoms with Gasteiger partial charge in [-0.05, 0) is 48.0 Å². The van der Waals surface area contributed by atoms with E-state index in [-0.39, 0.29) is 5.75 Å². The number of hydrogen-bond acceptors (Lipinski definition) is 4. The van der Waals surface area contributed by atoms with Crippen molar-refractivity contribution in [3.8, 4) is 0 Å². The lowest BCUT2D eigenvalue weighted by Crippen LogP contribution is -2.45. The van der Waals surface area contributed by atoms with Crippen LogP contribution in [0.25, 0.3) is 0 Å². The van der Waals surface area contributed by atoms with Crippen molar-refractivity contribution in [3.63, 3.8) is 0 Å². The lowest BCUT2D eigenvalue weighted by atomic mass is 10.2. The predicted octanol–water partition coefficient (Wildman–Crippen LogP) is 1.33. The van der Waals surface area contributed by atoms with Crippen molar-refractivity contribution in [2.45, 2.75) is 60.0 Å². The van der Waals surface area contributed by atoms with Gasteiger partial charge in [0.1, 0.15) is 0 Å². The first-order chi connectivity index (χ1) is 11.7. The molecule has 0 amide bonds. The van der Waals surface area contributed by atoms with Crippen LogP contribution in [0.15, 0.2) is 4.99 Å². The summed E-state index contributed by atoms with van der Waals surface area (Å²) in [5.41, 5.74) is 0. The zero-order valence-corrected chi connectivity index (χ0v) is 18.0. The van der Waals surface area contributed by atoms with E-state index in [0.29, 0.717) is 31.6 Å². The molecule has 0 fully saturated rings. The fourth-order valence-electron chi connectivity index (χ4n) is 2.60. The monoisotopic (exact) mass is 377 g/mol. The van der Waals surface area contributed by atoms with Gasteiger partial charge < -0.3 is 10.6 Å². The molecular formula is C17H39N5O2S. The third-order valence-corrected chi connectivity index (χ3v) is 5.94. The van der Waals surface area contributed by atoms with Crippen molar-refractivity contribution < 1.29 is 8.42 Å². The van der Waals surface area contributed by atoms with E-state index in [1.165, 1.54) is 4.31 Å². The van der Waals surface area contributed by atoms with Crippen LogP contribution < -0.4 is 10.6 Å². The van der Waals surface area contributed by atoms with E-state index >= 15 is 0 Å². The van der Waals surface area contributed by atoms with Crippen LogP contribution in [0.5, 0.6) is 0 Å². The Morgan fingerprint density at radius 2 is 1.64 bits per heavy atom. The first-order valence-electron chi connectivity index (χ1n) is 9.37. The van der Waals surface area contributed by atoms with Crippen molar-refractivity contribution in [2.24, 2.45) is 4.99 Å². The molecule has 0 aliphatic heterocycles. The molecule has 150 valence electrons. The molecule has 0 spiro atoms. The minimum absolute atomic E-state index is 0.138. The number of guanidine groups is 1. The van der Waals surface area contributed by atoms with E-state index in [4.69, 9.17) is 0 Å². The van der Waals surface area contributed by atoms with Gasteiger partial charge in [0.2, 0.25) is 10.0 Å². The Labute approximate surface area is 155 Å². The van der Waals surface area contributed by atoms with Crippen LogP contribution in [0.4, 0.5) is 0 Å². The van der Waals surface area contributed by atoms with E-state index in [1.54, 1.807) is 14.0 Å². The molecule has 0 aromatic heterocycles. The van der Waals surface area contributed by atoms with Gasteiger partial charge in [-0.1, -0.05) is 0 Å². The third-order valence-electron chi connectivity index (χ3n) is 4.07. The summed E-state index contributed by atoms with van der Waals surface area (Å²) in [5.74, 6) is 0.926. The summed E-state index contributed by atoms with van der Waals surface area (Å²) < 4.78 is 24.8. The fourth-order valence-corrected chi connectivity index (χ4v) is 3.45. The Morgan fingerprint density at radius 3 is 2.12 bits per heavy atom. The van der Waals surface area contributed by atoms with Crippen molar-refractivity contribution in [3.05, 3.63) is 0 Å². The Kier molecular flexibility index (Phi) is 12.1. The van der Waals surface area contributed by atoms with E-state index in [2.05, 4.69) is 48.2 Å². The molecular weight excluding hydrogens is 338 g/mol. The van der Waals surface area contributed by atoms with E-state index < -0.39 is 10.0 Å². The Bertz CT molecular complexity index is 469. The van der Waals surface area contributed by atoms with Gasteiger partial charge in [0.15, 0.2) is 5.96 Å². The Hall–Kier alpha value is -0.860. The summed E-state index contributed by atoms with van der Waals surface area (Å²) in [6.45, 7) is 16.2. The number of sulfonamides is 1. The van der Waals surface area contributed by atoms with Gasteiger partial charge in [0.05, 0.1) is 5.75 Å². The van der Waals surface area contributed by atoms with Gasteiger partial charge in [-0.15, -0.1) is 0 Å². The van der Waals surface area contributed by atoms with Crippen molar-refractivity contribution >= 4 is 16.0 Å². The van der Waals surface area contributed by atoms with E-state index in [1.807, 2.05) is 6.92 Å². The van der Waals surface area contributed by atoms with Crippen LogP contribution >= 0.6 is 0 Å². The minimum atomic E-state index is -3.10. The number of aliphatic imine (C=N–C) groups is 1. The normalized spacial score (nSPS) is 13.3. The van der Waals surface area contributed by atoms with Crippen molar-refractivity contribution in [2.75, 3.05) is 45.5 Å². The number of nitrogens with zero attached hydrogens (tertiary/aromatic N) is 3. The maximum absolute atomic E-state index is 11.7. The molecule has 0 unspecified atom stereocenters. The lowest BCUT2D eigenvalue weighted by molar-refractivity contribution is 0.178. The molecule has 2 N–H and O–H groups in total. The zero-order chi connectivity index (χ0) is 19.5. The average molecular weight is 378 g/mol. The summed E-state index contributed by atoms with van der Waals surface area (Å²) in [6.07, 6.45) is 0.705. The summed E-state index contributed by atoms with van der Waals surface area (Å²) in [4.78, 5) is 6.97. The van der Waals surface area contributed by atoms with Crippen LogP contribution in [0.3, 0.4) is 0 Å². The highest BCUT2D eigenvalue weighted by molar-refractivity contribution is 7.89. The van der Waals surface area contributed by atoms with Crippen LogP contribution in [0, 0.1) is 0 Å². The van der Waals surface area contributed by atoms with Gasteiger partial charge in [-0.3, -0.25) is 9.89 Å². The number of rotatable bonds is 12. The van der Waals surface area contributed by atoms with Gasteiger partial charge >= 0.3 is 0 Å². The first kappa shape index (κ1) is 24.1. The highest BCUT2D eigenvalue weighted by Crippen LogP contribution is 2.03. The largest absolute Gasteiger partial charge is 0.357 e. The molecule has 0 rings (SSSR count). The van der Waals surface area contributed by atoms with Gasteiger partial charge in [-0.2, -0.15) is 0 Å². The Morgan fingerprint density at radius 1 is 1.04 bits per heavy atom. The maximum Gasteiger partial charge on any atom is 0.213 e. The van der Waals surface area contributed by atoms with E-state index in [0.717, 1.165) is 25.6 Å². The highest BCUT2D eigenvalue weighted by atomic mass is 32.2. The second-order valence-corrected chi connectivity index (χ2v) is 9.05. The smallest absolute Gasteiger partial charge is 0.213 e. The summed E-state index contributed by atoms with van der Waals surface area (Å²) in [5, 5.41) is 6.59. The van der Waals surface area contributed by atoms with Crippen LogP contribution in [0.1, 0.15) is 48.0 Å². The minimum Gasteiger partial charge on any atom is -0.357 e. The summed E-state index contributed by atoms with van der Waals surface area (Å²) >= 11 is 0. The van der Waals surface area contributed by atoms with Gasteiger partial charge in [0, 0.05) is 51.9 Å². The SMILES string of the molecule is CCNC(=NCCCN(C)S(=O)(=O)CC)NCCN(C(C)C)C(C)C. The third kappa shape index (κ3) is 10.0. The predicted molar refractivity (Wildman–Crippen MR) is 108 cm³/mol. The standard InChI is InChI=1S/C17H39N5O2S/c1-8-18-17(20-12-14-22(15(3)4)16(5)6)19-11-10-13-21(7)25(23,24)9-2/h15-16H,8-14H2,1-7H3,(H2,18,19,20). The molecule has 0 bridgehead atoms. The molecule has 0 aromatic rings. The fraction of sp³-hybridized carbons (Fsp3) is 0.941. The first-order valence-corrected chi connectivity index (χ1v) is 11.0. The molecule has 0 radical (unpaired) electrons. The molecule has 0 aromatic carbocycles. The molecule has 0 saturated carbocycles. The van der Waals surface area contributed by atoms with Gasteiger partial charge in [-0.25, -0.2) is 12.7 Å². The van der Waals surface area contributed by atoms with Crippen molar-refractivity contribution in [1.29, 1.82) is 0 Å². The zero-order valence-electron chi connectivity index (χ0n) is 17.2. The van der Waals surface area contributed by atoms with E-state index in [9.17, 15) is 8.42 Å². The molecule has 7 nitrogen and oxygen atoms in total. The molecule has 8 heteroatoms.